The Hall–Kier alpha value is -2.90. The number of hydrazone groups is 1. The van der Waals surface area contributed by atoms with Crippen LogP contribution in [0.25, 0.3) is 6.08 Å². The van der Waals surface area contributed by atoms with Gasteiger partial charge in [0.15, 0.2) is 0 Å². The average Bonchev–Trinajstić information content (AvgIpc) is 2.92. The lowest BCUT2D eigenvalue weighted by Gasteiger charge is -2.13. The zero-order chi connectivity index (χ0) is 20.6. The highest BCUT2D eigenvalue weighted by molar-refractivity contribution is 6.42. The molecule has 2 aromatic rings. The fourth-order valence-electron chi connectivity index (χ4n) is 2.80. The number of rotatable bonds is 4. The Bertz CT molecular complexity index is 1050. The van der Waals surface area contributed by atoms with Crippen molar-refractivity contribution in [2.45, 2.75) is 6.92 Å². The largest absolute Gasteiger partial charge is 0.372 e. The molecule has 144 valence electrons. The van der Waals surface area contributed by atoms with Gasteiger partial charge in [-0.3, -0.25) is 14.9 Å². The number of carbonyl (C=O) groups is 1. The van der Waals surface area contributed by atoms with Crippen molar-refractivity contribution < 1.29 is 9.72 Å². The third kappa shape index (κ3) is 3.72. The number of nitro groups is 1. The van der Waals surface area contributed by atoms with Gasteiger partial charge in [0.05, 0.1) is 31.9 Å². The second-order valence-electron chi connectivity index (χ2n) is 6.36. The van der Waals surface area contributed by atoms with Gasteiger partial charge in [-0.05, 0) is 42.8 Å². The van der Waals surface area contributed by atoms with Crippen molar-refractivity contribution in [3.05, 3.63) is 67.7 Å². The van der Waals surface area contributed by atoms with Crippen molar-refractivity contribution in [2.75, 3.05) is 24.0 Å². The zero-order valence-electron chi connectivity index (χ0n) is 15.3. The monoisotopic (exact) mass is 418 g/mol. The molecule has 0 bridgehead atoms. The summed E-state index contributed by atoms with van der Waals surface area (Å²) in [5.41, 5.74) is 2.30. The van der Waals surface area contributed by atoms with E-state index in [-0.39, 0.29) is 11.6 Å². The van der Waals surface area contributed by atoms with E-state index in [1.807, 2.05) is 0 Å². The third-order valence-electron chi connectivity index (χ3n) is 4.20. The van der Waals surface area contributed by atoms with Gasteiger partial charge >= 0.3 is 0 Å². The molecule has 1 heterocycles. The maximum Gasteiger partial charge on any atom is 0.293 e. The molecule has 0 N–H and O–H groups in total. The number of nitro benzene ring substituents is 1. The molecular weight excluding hydrogens is 403 g/mol. The number of anilines is 2. The molecular formula is C19H16Cl2N4O3. The first kappa shape index (κ1) is 19.9. The van der Waals surface area contributed by atoms with Crippen LogP contribution in [0.2, 0.25) is 10.0 Å². The maximum atomic E-state index is 12.8. The SMILES string of the molecule is CC1=NN(c2ccc(Cl)c(Cl)c2)C(=O)/C1=C\c1ccc(N(C)C)c([N+](=O)[O-])c1. The van der Waals surface area contributed by atoms with Gasteiger partial charge in [-0.2, -0.15) is 10.1 Å². The zero-order valence-corrected chi connectivity index (χ0v) is 16.8. The molecule has 0 saturated heterocycles. The van der Waals surface area contributed by atoms with Crippen LogP contribution in [0, 0.1) is 10.1 Å². The Kier molecular flexibility index (Phi) is 5.40. The van der Waals surface area contributed by atoms with Crippen LogP contribution in [0.3, 0.4) is 0 Å². The van der Waals surface area contributed by atoms with E-state index in [4.69, 9.17) is 23.2 Å². The first-order valence-electron chi connectivity index (χ1n) is 8.21. The Labute approximate surface area is 171 Å². The molecule has 1 aliphatic rings. The van der Waals surface area contributed by atoms with Crippen LogP contribution in [0.5, 0.6) is 0 Å². The van der Waals surface area contributed by atoms with E-state index in [1.165, 1.54) is 11.1 Å². The predicted molar refractivity (Wildman–Crippen MR) is 112 cm³/mol. The van der Waals surface area contributed by atoms with Crippen molar-refractivity contribution >= 4 is 58.0 Å². The second kappa shape index (κ2) is 7.61. The summed E-state index contributed by atoms with van der Waals surface area (Å²) in [6, 6.07) is 9.58. The lowest BCUT2D eigenvalue weighted by Crippen LogP contribution is -2.21. The van der Waals surface area contributed by atoms with E-state index in [0.717, 1.165) is 0 Å². The summed E-state index contributed by atoms with van der Waals surface area (Å²) in [5.74, 6) is -0.352. The van der Waals surface area contributed by atoms with Crippen LogP contribution in [-0.2, 0) is 4.79 Å². The highest BCUT2D eigenvalue weighted by Crippen LogP contribution is 2.32. The Morgan fingerprint density at radius 3 is 2.46 bits per heavy atom. The van der Waals surface area contributed by atoms with Crippen LogP contribution in [-0.4, -0.2) is 30.6 Å². The minimum absolute atomic E-state index is 0.0410. The van der Waals surface area contributed by atoms with Crippen LogP contribution in [0.1, 0.15) is 12.5 Å². The normalized spacial score (nSPS) is 15.2. The quantitative estimate of drug-likeness (QED) is 0.406. The number of hydrogen-bond acceptors (Lipinski definition) is 5. The molecule has 28 heavy (non-hydrogen) atoms. The molecule has 1 aliphatic heterocycles. The van der Waals surface area contributed by atoms with Crippen molar-refractivity contribution in [1.82, 2.24) is 0 Å². The number of hydrogen-bond donors (Lipinski definition) is 0. The van der Waals surface area contributed by atoms with Crippen molar-refractivity contribution in [1.29, 1.82) is 0 Å². The minimum atomic E-state index is -0.448. The molecule has 0 unspecified atom stereocenters. The van der Waals surface area contributed by atoms with Crippen LogP contribution in [0.4, 0.5) is 17.1 Å². The number of carbonyl (C=O) groups excluding carboxylic acids is 1. The lowest BCUT2D eigenvalue weighted by molar-refractivity contribution is -0.384. The van der Waals surface area contributed by atoms with E-state index in [0.29, 0.717) is 38.3 Å². The Morgan fingerprint density at radius 1 is 1.14 bits per heavy atom. The van der Waals surface area contributed by atoms with Crippen molar-refractivity contribution in [3.8, 4) is 0 Å². The molecule has 0 fully saturated rings. The second-order valence-corrected chi connectivity index (χ2v) is 7.17. The van der Waals surface area contributed by atoms with Gasteiger partial charge in [-0.15, -0.1) is 0 Å². The van der Waals surface area contributed by atoms with Gasteiger partial charge in [-0.25, -0.2) is 0 Å². The van der Waals surface area contributed by atoms with Crippen LogP contribution in [0.15, 0.2) is 47.1 Å². The maximum absolute atomic E-state index is 12.8. The number of benzene rings is 2. The summed E-state index contributed by atoms with van der Waals surface area (Å²) < 4.78 is 0. The highest BCUT2D eigenvalue weighted by Gasteiger charge is 2.29. The van der Waals surface area contributed by atoms with Crippen molar-refractivity contribution in [3.63, 3.8) is 0 Å². The van der Waals surface area contributed by atoms with Gasteiger partial charge in [0.2, 0.25) is 0 Å². The number of halogens is 2. The molecule has 0 spiro atoms. The first-order valence-corrected chi connectivity index (χ1v) is 8.97. The molecule has 9 heteroatoms. The standard InChI is InChI=1S/C19H16Cl2N4O3/c1-11-14(8-12-4-7-17(23(2)3)18(9-12)25(27)28)19(26)24(22-11)13-5-6-15(20)16(21)10-13/h4-10H,1-3H3/b14-8-. The van der Waals surface area contributed by atoms with E-state index in [9.17, 15) is 14.9 Å². The van der Waals surface area contributed by atoms with E-state index < -0.39 is 4.92 Å². The summed E-state index contributed by atoms with van der Waals surface area (Å²) in [6.07, 6.45) is 1.59. The van der Waals surface area contributed by atoms with Gasteiger partial charge < -0.3 is 4.90 Å². The van der Waals surface area contributed by atoms with Crippen molar-refractivity contribution in [2.24, 2.45) is 5.10 Å². The summed E-state index contributed by atoms with van der Waals surface area (Å²) in [4.78, 5) is 25.4. The van der Waals surface area contributed by atoms with Gasteiger partial charge in [-0.1, -0.05) is 29.3 Å². The topological polar surface area (TPSA) is 79.0 Å². The third-order valence-corrected chi connectivity index (χ3v) is 4.94. The average molecular weight is 419 g/mol. The fourth-order valence-corrected chi connectivity index (χ4v) is 3.09. The molecule has 1 amide bonds. The molecule has 0 aliphatic carbocycles. The smallest absolute Gasteiger partial charge is 0.293 e. The Morgan fingerprint density at radius 2 is 1.86 bits per heavy atom. The molecule has 0 radical (unpaired) electrons. The summed E-state index contributed by atoms with van der Waals surface area (Å²) in [5, 5.41) is 17.6. The van der Waals surface area contributed by atoms with Gasteiger partial charge in [0.25, 0.3) is 11.6 Å². The molecule has 0 aromatic heterocycles. The molecule has 7 nitrogen and oxygen atoms in total. The van der Waals surface area contributed by atoms with E-state index in [2.05, 4.69) is 5.10 Å². The van der Waals surface area contributed by atoms with Gasteiger partial charge in [0.1, 0.15) is 5.69 Å². The molecule has 0 saturated carbocycles. The first-order chi connectivity index (χ1) is 13.2. The molecule has 0 atom stereocenters. The lowest BCUT2D eigenvalue weighted by atomic mass is 10.1. The predicted octanol–water partition coefficient (Wildman–Crippen LogP) is 4.77. The molecule has 2 aromatic carbocycles. The van der Waals surface area contributed by atoms with Crippen LogP contribution >= 0.6 is 23.2 Å². The number of amides is 1. The van der Waals surface area contributed by atoms with Gasteiger partial charge in [0, 0.05) is 20.2 Å². The number of nitrogens with zero attached hydrogens (tertiary/aromatic N) is 4. The highest BCUT2D eigenvalue weighted by atomic mass is 35.5. The summed E-state index contributed by atoms with van der Waals surface area (Å²) >= 11 is 12.0. The minimum Gasteiger partial charge on any atom is -0.372 e. The van der Waals surface area contributed by atoms with Crippen LogP contribution < -0.4 is 9.91 Å². The van der Waals surface area contributed by atoms with E-state index in [1.54, 1.807) is 62.3 Å². The van der Waals surface area contributed by atoms with E-state index >= 15 is 0 Å². The summed E-state index contributed by atoms with van der Waals surface area (Å²) in [6.45, 7) is 1.70. The fraction of sp³-hybridized carbons (Fsp3) is 0.158. The molecule has 3 rings (SSSR count). The summed E-state index contributed by atoms with van der Waals surface area (Å²) in [7, 11) is 3.46. The Balaban J connectivity index is 1.98.